The lowest BCUT2D eigenvalue weighted by molar-refractivity contribution is 0.280. The summed E-state index contributed by atoms with van der Waals surface area (Å²) in [6.07, 6.45) is 2.49. The summed E-state index contributed by atoms with van der Waals surface area (Å²) in [7, 11) is 4.09. The molecule has 0 aliphatic carbocycles. The molecule has 142 valence electrons. The zero-order chi connectivity index (χ0) is 18.7. The molecule has 0 radical (unpaired) electrons. The lowest BCUT2D eigenvalue weighted by Gasteiger charge is -2.38. The maximum Gasteiger partial charge on any atom is 0.166 e. The number of anilines is 2. The summed E-state index contributed by atoms with van der Waals surface area (Å²) in [4.78, 5) is 7.17. The van der Waals surface area contributed by atoms with Crippen molar-refractivity contribution >= 4 is 46.6 Å². The number of thiazole rings is 1. The van der Waals surface area contributed by atoms with Gasteiger partial charge in [-0.3, -0.25) is 4.31 Å². The Labute approximate surface area is 170 Å². The largest absolute Gasteiger partial charge is 0.370 e. The zero-order valence-corrected chi connectivity index (χ0v) is 18.7. The van der Waals surface area contributed by atoms with Crippen LogP contribution in [0.15, 0.2) is 32.8 Å². The quantitative estimate of drug-likeness (QED) is 0.611. The maximum absolute atomic E-state index is 4.66. The summed E-state index contributed by atoms with van der Waals surface area (Å²) >= 11 is 5.09. The molecule has 26 heavy (non-hydrogen) atoms. The minimum Gasteiger partial charge on any atom is -0.370 e. The number of nitrogens with one attached hydrogen (secondary N) is 1. The van der Waals surface area contributed by atoms with Crippen LogP contribution in [0.4, 0.5) is 11.4 Å². The van der Waals surface area contributed by atoms with E-state index in [1.54, 1.807) is 35.2 Å². The van der Waals surface area contributed by atoms with Gasteiger partial charge in [0.05, 0.1) is 17.1 Å². The average Bonchev–Trinajstić information content (AvgIpc) is 2.92. The van der Waals surface area contributed by atoms with Crippen molar-refractivity contribution in [1.29, 1.82) is 0 Å². The minimum absolute atomic E-state index is 0.466. The number of nitrogens with zero attached hydrogens (tertiary/aromatic N) is 3. The van der Waals surface area contributed by atoms with Crippen LogP contribution in [0.1, 0.15) is 32.4 Å². The Balaban J connectivity index is 1.69. The summed E-state index contributed by atoms with van der Waals surface area (Å²) in [5, 5.41) is 0. The zero-order valence-electron chi connectivity index (χ0n) is 16.2. The molecule has 1 fully saturated rings. The molecular formula is C19H28N4S3. The number of para-hydroxylation sites is 2. The lowest BCUT2D eigenvalue weighted by atomic mass is 9.82. The molecule has 1 aliphatic rings. The van der Waals surface area contributed by atoms with Crippen LogP contribution >= 0.6 is 35.2 Å². The molecule has 1 aliphatic heterocycles. The molecule has 7 heteroatoms. The van der Waals surface area contributed by atoms with E-state index < -0.39 is 0 Å². The van der Waals surface area contributed by atoms with Crippen LogP contribution < -0.4 is 9.62 Å². The van der Waals surface area contributed by atoms with Gasteiger partial charge in [0, 0.05) is 13.1 Å². The van der Waals surface area contributed by atoms with Crippen molar-refractivity contribution in [3.05, 3.63) is 30.0 Å². The Kier molecular flexibility index (Phi) is 6.43. The molecule has 1 N–H and O–H groups in total. The van der Waals surface area contributed by atoms with Gasteiger partial charge < -0.3 is 9.62 Å². The van der Waals surface area contributed by atoms with Crippen LogP contribution in [0.25, 0.3) is 0 Å². The molecule has 2 heterocycles. The van der Waals surface area contributed by atoms with Gasteiger partial charge >= 0.3 is 0 Å². The van der Waals surface area contributed by atoms with Crippen LogP contribution in [0.5, 0.6) is 0 Å². The monoisotopic (exact) mass is 408 g/mol. The second-order valence-corrected chi connectivity index (χ2v) is 11.3. The fourth-order valence-electron chi connectivity index (χ4n) is 2.94. The molecule has 0 spiro atoms. The van der Waals surface area contributed by atoms with E-state index in [-0.39, 0.29) is 0 Å². The van der Waals surface area contributed by atoms with Crippen LogP contribution in [0.2, 0.25) is 0 Å². The van der Waals surface area contributed by atoms with E-state index in [1.165, 1.54) is 28.4 Å². The van der Waals surface area contributed by atoms with Gasteiger partial charge in [0.2, 0.25) is 0 Å². The van der Waals surface area contributed by atoms with Gasteiger partial charge in [0.15, 0.2) is 4.34 Å². The SMILES string of the molecule is Cc1nc(SN(C)C)sc1SNc1ccccc1N1CCC(C)(C)CC1. The summed E-state index contributed by atoms with van der Waals surface area (Å²) in [5.74, 6) is 0. The van der Waals surface area contributed by atoms with Crippen molar-refractivity contribution in [1.82, 2.24) is 9.29 Å². The van der Waals surface area contributed by atoms with Crippen molar-refractivity contribution in [2.24, 2.45) is 5.41 Å². The second-order valence-electron chi connectivity index (χ2n) is 7.63. The van der Waals surface area contributed by atoms with Crippen molar-refractivity contribution in [2.45, 2.75) is 42.2 Å². The number of hydrogen-bond donors (Lipinski definition) is 1. The van der Waals surface area contributed by atoms with Crippen LogP contribution in [0.3, 0.4) is 0 Å². The van der Waals surface area contributed by atoms with Gasteiger partial charge in [0.1, 0.15) is 4.21 Å². The molecule has 2 aromatic rings. The first-order chi connectivity index (χ1) is 12.3. The smallest absolute Gasteiger partial charge is 0.166 e. The third kappa shape index (κ3) is 5.09. The Hall–Kier alpha value is -0.890. The van der Waals surface area contributed by atoms with Gasteiger partial charge in [-0.15, -0.1) is 0 Å². The van der Waals surface area contributed by atoms with Crippen LogP contribution in [0, 0.1) is 12.3 Å². The summed E-state index contributed by atoms with van der Waals surface area (Å²) in [6, 6.07) is 8.64. The molecule has 3 rings (SSSR count). The molecule has 0 amide bonds. The van der Waals surface area contributed by atoms with E-state index in [0.29, 0.717) is 5.41 Å². The lowest BCUT2D eigenvalue weighted by Crippen LogP contribution is -2.37. The average molecular weight is 409 g/mol. The van der Waals surface area contributed by atoms with Gasteiger partial charge in [-0.05, 0) is 75.3 Å². The first-order valence-electron chi connectivity index (χ1n) is 8.94. The van der Waals surface area contributed by atoms with E-state index in [9.17, 15) is 0 Å². The Morgan fingerprint density at radius 3 is 2.58 bits per heavy atom. The topological polar surface area (TPSA) is 31.4 Å². The van der Waals surface area contributed by atoms with Gasteiger partial charge in [0.25, 0.3) is 0 Å². The predicted octanol–water partition coefficient (Wildman–Crippen LogP) is 5.77. The number of benzene rings is 1. The third-order valence-electron chi connectivity index (χ3n) is 4.61. The van der Waals surface area contributed by atoms with Crippen LogP contribution in [-0.4, -0.2) is 36.5 Å². The summed E-state index contributed by atoms with van der Waals surface area (Å²) in [6.45, 7) is 9.08. The second kappa shape index (κ2) is 8.42. The van der Waals surface area contributed by atoms with Gasteiger partial charge in [-0.25, -0.2) is 4.98 Å². The van der Waals surface area contributed by atoms with Gasteiger partial charge in [-0.1, -0.05) is 37.3 Å². The van der Waals surface area contributed by atoms with E-state index in [4.69, 9.17) is 0 Å². The van der Waals surface area contributed by atoms with Gasteiger partial charge in [-0.2, -0.15) is 0 Å². The number of aromatic nitrogens is 1. The first-order valence-corrected chi connectivity index (χ1v) is 11.3. The Morgan fingerprint density at radius 1 is 1.19 bits per heavy atom. The van der Waals surface area contributed by atoms with Crippen molar-refractivity contribution in [2.75, 3.05) is 36.8 Å². The Bertz CT molecular complexity index is 732. The molecule has 0 saturated carbocycles. The Morgan fingerprint density at radius 2 is 1.88 bits per heavy atom. The minimum atomic E-state index is 0.466. The molecule has 4 nitrogen and oxygen atoms in total. The van der Waals surface area contributed by atoms with E-state index in [0.717, 1.165) is 23.1 Å². The van der Waals surface area contributed by atoms with Crippen molar-refractivity contribution < 1.29 is 0 Å². The van der Waals surface area contributed by atoms with E-state index >= 15 is 0 Å². The predicted molar refractivity (Wildman–Crippen MR) is 118 cm³/mol. The molecule has 1 saturated heterocycles. The van der Waals surface area contributed by atoms with Crippen molar-refractivity contribution in [3.8, 4) is 0 Å². The fraction of sp³-hybridized carbons (Fsp3) is 0.526. The fourth-order valence-corrected chi connectivity index (χ4v) is 6.06. The van der Waals surface area contributed by atoms with E-state index in [1.807, 2.05) is 14.1 Å². The number of piperidine rings is 1. The standard InChI is InChI=1S/C19H28N4S3/c1-14-17(24-18(20-14)26-22(4)5)25-21-15-8-6-7-9-16(15)23-12-10-19(2,3)11-13-23/h6-9,21H,10-13H2,1-5H3. The third-order valence-corrected chi connectivity index (χ3v) is 7.75. The van der Waals surface area contributed by atoms with E-state index in [2.05, 4.69) is 63.9 Å². The number of aryl methyl sites for hydroxylation is 1. The normalized spacial score (nSPS) is 16.9. The highest BCUT2D eigenvalue weighted by Gasteiger charge is 2.26. The maximum atomic E-state index is 4.66. The van der Waals surface area contributed by atoms with Crippen molar-refractivity contribution in [3.63, 3.8) is 0 Å². The molecule has 0 bridgehead atoms. The van der Waals surface area contributed by atoms with Crippen LogP contribution in [-0.2, 0) is 0 Å². The molecular weight excluding hydrogens is 380 g/mol. The highest BCUT2D eigenvalue weighted by atomic mass is 32.2. The first kappa shape index (κ1) is 19.9. The highest BCUT2D eigenvalue weighted by Crippen LogP contribution is 2.39. The molecule has 0 unspecified atom stereocenters. The molecule has 1 aromatic carbocycles. The summed E-state index contributed by atoms with van der Waals surface area (Å²) < 4.78 is 7.97. The molecule has 1 aromatic heterocycles. The molecule has 0 atom stereocenters. The summed E-state index contributed by atoms with van der Waals surface area (Å²) in [5.41, 5.74) is 4.05. The highest BCUT2D eigenvalue weighted by molar-refractivity contribution is 8.03. The number of hydrogen-bond acceptors (Lipinski definition) is 7. The number of rotatable bonds is 6.